The van der Waals surface area contributed by atoms with Gasteiger partial charge in [0.1, 0.15) is 5.75 Å². The molecule has 0 amide bonds. The summed E-state index contributed by atoms with van der Waals surface area (Å²) in [5.74, 6) is 7.10. The molecule has 1 aromatic carbocycles. The number of halogens is 1. The fourth-order valence-electron chi connectivity index (χ4n) is 1.67. The van der Waals surface area contributed by atoms with E-state index in [-0.39, 0.29) is 6.04 Å². The van der Waals surface area contributed by atoms with Crippen molar-refractivity contribution >= 4 is 11.6 Å². The van der Waals surface area contributed by atoms with E-state index in [4.69, 9.17) is 22.2 Å². The number of hydrogen-bond donors (Lipinski definition) is 2. The van der Waals surface area contributed by atoms with Gasteiger partial charge >= 0.3 is 0 Å². The number of alkyl halides is 1. The van der Waals surface area contributed by atoms with E-state index in [1.54, 1.807) is 0 Å². The molecule has 0 spiro atoms. The number of hydrazine groups is 1. The highest BCUT2D eigenvalue weighted by Gasteiger charge is 2.13. The first-order valence-electron chi connectivity index (χ1n) is 5.57. The Hall–Kier alpha value is -0.770. The standard InChI is InChI=1S/C12H19ClN2O/c1-2-16-12-8-4-3-6-10(12)11(15-14)7-5-9-13/h3-4,6,8,11,15H,2,5,7,9,14H2,1H3. The normalized spacial score (nSPS) is 12.4. The Bertz CT molecular complexity index is 307. The minimum absolute atomic E-state index is 0.0986. The summed E-state index contributed by atoms with van der Waals surface area (Å²) in [6.45, 7) is 2.63. The van der Waals surface area contributed by atoms with Gasteiger partial charge in [0.25, 0.3) is 0 Å². The molecule has 0 radical (unpaired) electrons. The first kappa shape index (κ1) is 13.3. The Balaban J connectivity index is 2.81. The lowest BCUT2D eigenvalue weighted by Gasteiger charge is -2.19. The minimum Gasteiger partial charge on any atom is -0.494 e. The lowest BCUT2D eigenvalue weighted by Crippen LogP contribution is -2.28. The maximum Gasteiger partial charge on any atom is 0.124 e. The molecule has 1 atom stereocenters. The van der Waals surface area contributed by atoms with Gasteiger partial charge in [0, 0.05) is 17.5 Å². The zero-order valence-corrected chi connectivity index (χ0v) is 10.3. The van der Waals surface area contributed by atoms with Crippen LogP contribution in [-0.2, 0) is 0 Å². The van der Waals surface area contributed by atoms with Crippen LogP contribution in [0.2, 0.25) is 0 Å². The summed E-state index contributed by atoms with van der Waals surface area (Å²) in [5.41, 5.74) is 3.91. The molecule has 0 aromatic heterocycles. The minimum atomic E-state index is 0.0986. The molecule has 0 aliphatic carbocycles. The smallest absolute Gasteiger partial charge is 0.124 e. The average molecular weight is 243 g/mol. The number of rotatable bonds is 7. The van der Waals surface area contributed by atoms with E-state index < -0.39 is 0 Å². The van der Waals surface area contributed by atoms with Crippen LogP contribution in [0, 0.1) is 0 Å². The van der Waals surface area contributed by atoms with Crippen molar-refractivity contribution < 1.29 is 4.74 Å². The van der Waals surface area contributed by atoms with Crippen LogP contribution in [0.5, 0.6) is 5.75 Å². The van der Waals surface area contributed by atoms with Crippen LogP contribution >= 0.6 is 11.6 Å². The molecule has 1 unspecified atom stereocenters. The molecular formula is C12H19ClN2O. The highest BCUT2D eigenvalue weighted by atomic mass is 35.5. The van der Waals surface area contributed by atoms with E-state index in [1.165, 1.54) is 0 Å². The molecular weight excluding hydrogens is 224 g/mol. The average Bonchev–Trinajstić information content (AvgIpc) is 2.32. The van der Waals surface area contributed by atoms with E-state index in [2.05, 4.69) is 5.43 Å². The Morgan fingerprint density at radius 1 is 1.44 bits per heavy atom. The molecule has 0 fully saturated rings. The third kappa shape index (κ3) is 3.67. The summed E-state index contributed by atoms with van der Waals surface area (Å²) in [6.07, 6.45) is 1.83. The van der Waals surface area contributed by atoms with Gasteiger partial charge in [0.2, 0.25) is 0 Å². The maximum absolute atomic E-state index is 5.69. The molecule has 4 heteroatoms. The largest absolute Gasteiger partial charge is 0.494 e. The molecule has 16 heavy (non-hydrogen) atoms. The monoisotopic (exact) mass is 242 g/mol. The van der Waals surface area contributed by atoms with Gasteiger partial charge in [-0.25, -0.2) is 0 Å². The van der Waals surface area contributed by atoms with Crippen molar-refractivity contribution in [3.8, 4) is 5.75 Å². The summed E-state index contributed by atoms with van der Waals surface area (Å²) in [5, 5.41) is 0. The highest BCUT2D eigenvalue weighted by molar-refractivity contribution is 6.17. The van der Waals surface area contributed by atoms with Crippen LogP contribution in [0.3, 0.4) is 0 Å². The zero-order valence-electron chi connectivity index (χ0n) is 9.58. The van der Waals surface area contributed by atoms with Crippen molar-refractivity contribution in [3.05, 3.63) is 29.8 Å². The lowest BCUT2D eigenvalue weighted by molar-refractivity contribution is 0.330. The van der Waals surface area contributed by atoms with Gasteiger partial charge in [0.05, 0.1) is 6.61 Å². The Kier molecular flexibility index (Phi) is 6.23. The number of hydrogen-bond acceptors (Lipinski definition) is 3. The van der Waals surface area contributed by atoms with Crippen LogP contribution in [0.4, 0.5) is 0 Å². The van der Waals surface area contributed by atoms with E-state index >= 15 is 0 Å². The molecule has 0 heterocycles. The number of para-hydroxylation sites is 1. The lowest BCUT2D eigenvalue weighted by atomic mass is 10.0. The molecule has 0 aliphatic heterocycles. The van der Waals surface area contributed by atoms with Crippen molar-refractivity contribution in [1.82, 2.24) is 5.43 Å². The summed E-state index contributed by atoms with van der Waals surface area (Å²) >= 11 is 5.69. The summed E-state index contributed by atoms with van der Waals surface area (Å²) < 4.78 is 5.57. The van der Waals surface area contributed by atoms with Crippen molar-refractivity contribution in [2.75, 3.05) is 12.5 Å². The van der Waals surface area contributed by atoms with Gasteiger partial charge in [-0.2, -0.15) is 0 Å². The first-order chi connectivity index (χ1) is 7.83. The SMILES string of the molecule is CCOc1ccccc1C(CCCCl)NN. The van der Waals surface area contributed by atoms with E-state index in [9.17, 15) is 0 Å². The molecule has 1 rings (SSSR count). The van der Waals surface area contributed by atoms with Gasteiger partial charge < -0.3 is 4.74 Å². The predicted molar refractivity (Wildman–Crippen MR) is 67.6 cm³/mol. The quantitative estimate of drug-likeness (QED) is 0.439. The number of nitrogens with one attached hydrogen (secondary N) is 1. The second kappa shape index (κ2) is 7.49. The molecule has 1 aromatic rings. The van der Waals surface area contributed by atoms with Crippen molar-refractivity contribution in [2.45, 2.75) is 25.8 Å². The summed E-state index contributed by atoms with van der Waals surface area (Å²) in [7, 11) is 0. The second-order valence-corrected chi connectivity index (χ2v) is 3.90. The second-order valence-electron chi connectivity index (χ2n) is 3.52. The highest BCUT2D eigenvalue weighted by Crippen LogP contribution is 2.27. The van der Waals surface area contributed by atoms with Crippen LogP contribution in [0.15, 0.2) is 24.3 Å². The summed E-state index contributed by atoms with van der Waals surface area (Å²) in [4.78, 5) is 0. The van der Waals surface area contributed by atoms with Crippen LogP contribution in [0.1, 0.15) is 31.4 Å². The maximum atomic E-state index is 5.69. The Labute approximate surface area is 102 Å². The fraction of sp³-hybridized carbons (Fsp3) is 0.500. The molecule has 0 saturated heterocycles. The van der Waals surface area contributed by atoms with Gasteiger partial charge in [-0.15, -0.1) is 11.6 Å². The third-order valence-electron chi connectivity index (χ3n) is 2.42. The molecule has 90 valence electrons. The van der Waals surface area contributed by atoms with Gasteiger partial charge in [-0.05, 0) is 25.8 Å². The molecule has 0 saturated carbocycles. The van der Waals surface area contributed by atoms with E-state index in [0.29, 0.717) is 12.5 Å². The van der Waals surface area contributed by atoms with Crippen molar-refractivity contribution in [3.63, 3.8) is 0 Å². The molecule has 0 aliphatic rings. The van der Waals surface area contributed by atoms with E-state index in [0.717, 1.165) is 24.2 Å². The zero-order chi connectivity index (χ0) is 11.8. The number of benzene rings is 1. The Morgan fingerprint density at radius 2 is 2.19 bits per heavy atom. The van der Waals surface area contributed by atoms with Gasteiger partial charge in [-0.3, -0.25) is 11.3 Å². The molecule has 0 bridgehead atoms. The number of nitrogens with two attached hydrogens (primary N) is 1. The van der Waals surface area contributed by atoms with Crippen molar-refractivity contribution in [2.24, 2.45) is 5.84 Å². The topological polar surface area (TPSA) is 47.3 Å². The van der Waals surface area contributed by atoms with Gasteiger partial charge in [0.15, 0.2) is 0 Å². The predicted octanol–water partition coefficient (Wildman–Crippen LogP) is 2.61. The number of ether oxygens (including phenoxy) is 1. The first-order valence-corrected chi connectivity index (χ1v) is 6.10. The van der Waals surface area contributed by atoms with Crippen LogP contribution < -0.4 is 16.0 Å². The molecule has 3 N–H and O–H groups in total. The Morgan fingerprint density at radius 3 is 2.81 bits per heavy atom. The third-order valence-corrected chi connectivity index (χ3v) is 2.69. The van der Waals surface area contributed by atoms with Crippen molar-refractivity contribution in [1.29, 1.82) is 0 Å². The van der Waals surface area contributed by atoms with Crippen LogP contribution in [0.25, 0.3) is 0 Å². The van der Waals surface area contributed by atoms with Gasteiger partial charge in [-0.1, -0.05) is 18.2 Å². The van der Waals surface area contributed by atoms with E-state index in [1.807, 2.05) is 31.2 Å². The molecule has 3 nitrogen and oxygen atoms in total. The van der Waals surface area contributed by atoms with Crippen LogP contribution in [-0.4, -0.2) is 12.5 Å². The fourth-order valence-corrected chi connectivity index (χ4v) is 1.82. The summed E-state index contributed by atoms with van der Waals surface area (Å²) in [6, 6.07) is 8.04.